The highest BCUT2D eigenvalue weighted by Gasteiger charge is 2.10. The van der Waals surface area contributed by atoms with Crippen molar-refractivity contribution < 1.29 is 13.9 Å². The van der Waals surface area contributed by atoms with Gasteiger partial charge < -0.3 is 19.8 Å². The molecule has 1 heterocycles. The number of rotatable bonds is 6. The normalized spacial score (nSPS) is 10.3. The van der Waals surface area contributed by atoms with Crippen LogP contribution in [0.5, 0.6) is 5.75 Å². The Morgan fingerprint density at radius 1 is 1.16 bits per heavy atom. The van der Waals surface area contributed by atoms with Crippen LogP contribution in [0.15, 0.2) is 52.9 Å². The minimum absolute atomic E-state index is 0.138. The zero-order valence-electron chi connectivity index (χ0n) is 13.9. The van der Waals surface area contributed by atoms with Crippen molar-refractivity contribution in [1.29, 1.82) is 0 Å². The second-order valence-corrected chi connectivity index (χ2v) is 5.32. The van der Waals surface area contributed by atoms with E-state index >= 15 is 0 Å². The van der Waals surface area contributed by atoms with E-state index in [0.717, 1.165) is 5.56 Å². The molecule has 0 atom stereocenters. The van der Waals surface area contributed by atoms with Gasteiger partial charge in [0.25, 0.3) is 0 Å². The van der Waals surface area contributed by atoms with Gasteiger partial charge in [-0.25, -0.2) is 0 Å². The number of aromatic nitrogens is 2. The molecule has 0 fully saturated rings. The Morgan fingerprint density at radius 2 is 1.96 bits per heavy atom. The number of benzene rings is 2. The average molecular weight is 338 g/mol. The van der Waals surface area contributed by atoms with E-state index in [1.807, 2.05) is 30.3 Å². The van der Waals surface area contributed by atoms with Crippen molar-refractivity contribution in [3.63, 3.8) is 0 Å². The van der Waals surface area contributed by atoms with Gasteiger partial charge in [-0.1, -0.05) is 18.2 Å². The Hall–Kier alpha value is -3.35. The lowest BCUT2D eigenvalue weighted by Crippen LogP contribution is -2.07. The van der Waals surface area contributed by atoms with Crippen LogP contribution in [-0.2, 0) is 11.3 Å². The molecular weight excluding hydrogens is 320 g/mol. The van der Waals surface area contributed by atoms with Crippen molar-refractivity contribution in [3.8, 4) is 17.2 Å². The van der Waals surface area contributed by atoms with Gasteiger partial charge in [-0.3, -0.25) is 4.79 Å². The van der Waals surface area contributed by atoms with Crippen LogP contribution in [-0.4, -0.2) is 23.2 Å². The number of carbonyl (C=O) groups is 1. The molecule has 0 spiro atoms. The van der Waals surface area contributed by atoms with E-state index in [2.05, 4.69) is 20.8 Å². The molecule has 0 saturated carbocycles. The SMILES string of the molecule is COc1ccc(NC(C)=O)cc1NCc1nnc(-c2ccccc2)o1. The largest absolute Gasteiger partial charge is 0.495 e. The maximum atomic E-state index is 11.2. The average Bonchev–Trinajstić information content (AvgIpc) is 3.09. The first-order chi connectivity index (χ1) is 12.2. The van der Waals surface area contributed by atoms with Crippen LogP contribution < -0.4 is 15.4 Å². The summed E-state index contributed by atoms with van der Waals surface area (Å²) in [6.45, 7) is 1.79. The molecule has 25 heavy (non-hydrogen) atoms. The minimum Gasteiger partial charge on any atom is -0.495 e. The molecule has 0 unspecified atom stereocenters. The molecule has 0 saturated heterocycles. The highest BCUT2D eigenvalue weighted by Crippen LogP contribution is 2.28. The molecule has 7 nitrogen and oxygen atoms in total. The first-order valence-corrected chi connectivity index (χ1v) is 7.73. The predicted octanol–water partition coefficient (Wildman–Crippen LogP) is 3.32. The van der Waals surface area contributed by atoms with Gasteiger partial charge in [-0.2, -0.15) is 0 Å². The van der Waals surface area contributed by atoms with Gasteiger partial charge in [-0.05, 0) is 30.3 Å². The Kier molecular flexibility index (Phi) is 4.94. The van der Waals surface area contributed by atoms with Gasteiger partial charge >= 0.3 is 0 Å². The third-order valence-electron chi connectivity index (χ3n) is 3.44. The molecule has 2 aromatic carbocycles. The molecule has 0 aliphatic rings. The van der Waals surface area contributed by atoms with E-state index in [-0.39, 0.29) is 5.91 Å². The first-order valence-electron chi connectivity index (χ1n) is 7.73. The van der Waals surface area contributed by atoms with Gasteiger partial charge in [0.1, 0.15) is 5.75 Å². The number of methoxy groups -OCH3 is 1. The maximum Gasteiger partial charge on any atom is 0.247 e. The Labute approximate surface area is 145 Å². The van der Waals surface area contributed by atoms with E-state index < -0.39 is 0 Å². The quantitative estimate of drug-likeness (QED) is 0.717. The van der Waals surface area contributed by atoms with E-state index in [4.69, 9.17) is 9.15 Å². The van der Waals surface area contributed by atoms with E-state index in [9.17, 15) is 4.79 Å². The fourth-order valence-corrected chi connectivity index (χ4v) is 2.32. The molecule has 2 N–H and O–H groups in total. The fourth-order valence-electron chi connectivity index (χ4n) is 2.32. The fraction of sp³-hybridized carbons (Fsp3) is 0.167. The number of hydrogen-bond acceptors (Lipinski definition) is 6. The highest BCUT2D eigenvalue weighted by atomic mass is 16.5. The maximum absolute atomic E-state index is 11.2. The van der Waals surface area contributed by atoms with Crippen molar-refractivity contribution in [2.75, 3.05) is 17.7 Å². The summed E-state index contributed by atoms with van der Waals surface area (Å²) in [5.41, 5.74) is 2.26. The summed E-state index contributed by atoms with van der Waals surface area (Å²) in [5, 5.41) is 14.0. The summed E-state index contributed by atoms with van der Waals surface area (Å²) in [6.07, 6.45) is 0. The predicted molar refractivity (Wildman–Crippen MR) is 94.4 cm³/mol. The summed E-state index contributed by atoms with van der Waals surface area (Å²) in [4.78, 5) is 11.2. The van der Waals surface area contributed by atoms with Crippen molar-refractivity contribution in [2.45, 2.75) is 13.5 Å². The third kappa shape index (κ3) is 4.14. The lowest BCUT2D eigenvalue weighted by Gasteiger charge is -2.12. The summed E-state index contributed by atoms with van der Waals surface area (Å²) < 4.78 is 11.0. The molecule has 3 rings (SSSR count). The van der Waals surface area contributed by atoms with Gasteiger partial charge in [0, 0.05) is 18.2 Å². The number of nitrogens with one attached hydrogen (secondary N) is 2. The molecule has 0 bridgehead atoms. The lowest BCUT2D eigenvalue weighted by molar-refractivity contribution is -0.114. The lowest BCUT2D eigenvalue weighted by atomic mass is 10.2. The van der Waals surface area contributed by atoms with E-state index in [0.29, 0.717) is 35.5 Å². The van der Waals surface area contributed by atoms with Crippen molar-refractivity contribution >= 4 is 17.3 Å². The zero-order valence-corrected chi connectivity index (χ0v) is 13.9. The van der Waals surface area contributed by atoms with Crippen LogP contribution in [0.4, 0.5) is 11.4 Å². The van der Waals surface area contributed by atoms with E-state index in [1.165, 1.54) is 6.92 Å². The Balaban J connectivity index is 1.73. The summed E-state index contributed by atoms with van der Waals surface area (Å²) in [7, 11) is 1.58. The van der Waals surface area contributed by atoms with Gasteiger partial charge in [-0.15, -0.1) is 10.2 Å². The minimum atomic E-state index is -0.138. The van der Waals surface area contributed by atoms with Crippen molar-refractivity contribution in [1.82, 2.24) is 10.2 Å². The summed E-state index contributed by atoms with van der Waals surface area (Å²) >= 11 is 0. The number of nitrogens with zero attached hydrogens (tertiary/aromatic N) is 2. The first kappa shape index (κ1) is 16.5. The van der Waals surface area contributed by atoms with Gasteiger partial charge in [0.05, 0.1) is 19.3 Å². The van der Waals surface area contributed by atoms with Gasteiger partial charge in [0.2, 0.25) is 17.7 Å². The zero-order chi connectivity index (χ0) is 17.6. The molecule has 1 aromatic heterocycles. The molecule has 0 aliphatic heterocycles. The second-order valence-electron chi connectivity index (χ2n) is 5.32. The van der Waals surface area contributed by atoms with Crippen LogP contribution in [0.3, 0.4) is 0 Å². The smallest absolute Gasteiger partial charge is 0.247 e. The van der Waals surface area contributed by atoms with E-state index in [1.54, 1.807) is 25.3 Å². The summed E-state index contributed by atoms with van der Waals surface area (Å²) in [5.74, 6) is 1.43. The van der Waals surface area contributed by atoms with Crippen molar-refractivity contribution in [3.05, 3.63) is 54.4 Å². The Bertz CT molecular complexity index is 862. The molecule has 7 heteroatoms. The topological polar surface area (TPSA) is 89.3 Å². The number of ether oxygens (including phenoxy) is 1. The molecule has 1 amide bonds. The number of carbonyl (C=O) groups excluding carboxylic acids is 1. The van der Waals surface area contributed by atoms with Crippen LogP contribution in [0.2, 0.25) is 0 Å². The number of amides is 1. The van der Waals surface area contributed by atoms with Crippen LogP contribution >= 0.6 is 0 Å². The molecular formula is C18H18N4O3. The standard InChI is InChI=1S/C18H18N4O3/c1-12(23)20-14-8-9-16(24-2)15(10-14)19-11-17-21-22-18(25-17)13-6-4-3-5-7-13/h3-10,19H,11H2,1-2H3,(H,20,23). The monoisotopic (exact) mass is 338 g/mol. The molecule has 0 aliphatic carbocycles. The molecule has 128 valence electrons. The van der Waals surface area contributed by atoms with Crippen LogP contribution in [0, 0.1) is 0 Å². The van der Waals surface area contributed by atoms with Crippen LogP contribution in [0.25, 0.3) is 11.5 Å². The molecule has 3 aromatic rings. The second kappa shape index (κ2) is 7.48. The highest BCUT2D eigenvalue weighted by molar-refractivity contribution is 5.89. The molecule has 0 radical (unpaired) electrons. The summed E-state index contributed by atoms with van der Waals surface area (Å²) in [6, 6.07) is 14.9. The van der Waals surface area contributed by atoms with Crippen molar-refractivity contribution in [2.24, 2.45) is 0 Å². The van der Waals surface area contributed by atoms with Gasteiger partial charge in [0.15, 0.2) is 0 Å². The van der Waals surface area contributed by atoms with Crippen LogP contribution in [0.1, 0.15) is 12.8 Å². The number of hydrogen-bond donors (Lipinski definition) is 2. The number of anilines is 2. The Morgan fingerprint density at radius 3 is 2.68 bits per heavy atom. The third-order valence-corrected chi connectivity index (χ3v) is 3.44.